The van der Waals surface area contributed by atoms with E-state index in [2.05, 4.69) is 13.8 Å². The van der Waals surface area contributed by atoms with Crippen LogP contribution >= 0.6 is 11.8 Å². The van der Waals surface area contributed by atoms with E-state index in [0.29, 0.717) is 24.5 Å². The molecule has 1 aliphatic heterocycles. The molecule has 0 aromatic heterocycles. The molecular weight excluding hydrogens is 292 g/mol. The van der Waals surface area contributed by atoms with Gasteiger partial charge in [0.05, 0.1) is 4.90 Å². The summed E-state index contributed by atoms with van der Waals surface area (Å²) in [7, 11) is -3.40. The summed E-state index contributed by atoms with van der Waals surface area (Å²) in [5.41, 5.74) is 6.43. The predicted molar refractivity (Wildman–Crippen MR) is 84.2 cm³/mol. The molecule has 1 aromatic rings. The van der Waals surface area contributed by atoms with Crippen LogP contribution in [-0.4, -0.2) is 36.3 Å². The lowest BCUT2D eigenvalue weighted by Gasteiger charge is -2.22. The molecule has 1 aromatic carbocycles. The van der Waals surface area contributed by atoms with E-state index >= 15 is 0 Å². The molecule has 0 unspecified atom stereocenters. The first-order valence-electron chi connectivity index (χ1n) is 6.78. The standard InChI is InChI=1S/C14H22N2O2S2/c1-14(2)6-7-16(8-9-19-14)20(17,18)13-5-3-4-12(10-13)11-15/h3-5,10H,6-9,11,15H2,1-2H3. The maximum Gasteiger partial charge on any atom is 0.243 e. The Labute approximate surface area is 125 Å². The second kappa shape index (κ2) is 6.05. The van der Waals surface area contributed by atoms with E-state index in [0.717, 1.165) is 17.7 Å². The number of nitrogens with zero attached hydrogens (tertiary/aromatic N) is 1. The van der Waals surface area contributed by atoms with Crippen molar-refractivity contribution in [1.29, 1.82) is 0 Å². The van der Waals surface area contributed by atoms with Crippen molar-refractivity contribution in [2.24, 2.45) is 5.73 Å². The summed E-state index contributed by atoms with van der Waals surface area (Å²) in [6, 6.07) is 6.93. The van der Waals surface area contributed by atoms with Gasteiger partial charge in [-0.1, -0.05) is 26.0 Å². The summed E-state index contributed by atoms with van der Waals surface area (Å²) >= 11 is 1.84. The molecule has 2 N–H and O–H groups in total. The van der Waals surface area contributed by atoms with Crippen LogP contribution in [0.1, 0.15) is 25.8 Å². The first kappa shape index (κ1) is 15.8. The van der Waals surface area contributed by atoms with Crippen molar-refractivity contribution >= 4 is 21.8 Å². The highest BCUT2D eigenvalue weighted by Gasteiger charge is 2.30. The fraction of sp³-hybridized carbons (Fsp3) is 0.571. The summed E-state index contributed by atoms with van der Waals surface area (Å²) in [6.45, 7) is 5.84. The van der Waals surface area contributed by atoms with Crippen LogP contribution < -0.4 is 5.73 Å². The quantitative estimate of drug-likeness (QED) is 0.927. The van der Waals surface area contributed by atoms with Crippen molar-refractivity contribution in [3.8, 4) is 0 Å². The van der Waals surface area contributed by atoms with Crippen molar-refractivity contribution in [3.05, 3.63) is 29.8 Å². The maximum atomic E-state index is 12.7. The van der Waals surface area contributed by atoms with Crippen molar-refractivity contribution in [2.45, 2.75) is 36.5 Å². The summed E-state index contributed by atoms with van der Waals surface area (Å²) in [5.74, 6) is 0.836. The highest BCUT2D eigenvalue weighted by atomic mass is 32.2. The fourth-order valence-electron chi connectivity index (χ4n) is 2.22. The fourth-order valence-corrected chi connectivity index (χ4v) is 4.95. The molecular formula is C14H22N2O2S2. The van der Waals surface area contributed by atoms with Gasteiger partial charge in [0.15, 0.2) is 0 Å². The van der Waals surface area contributed by atoms with Crippen LogP contribution in [0.3, 0.4) is 0 Å². The summed E-state index contributed by atoms with van der Waals surface area (Å²) in [4.78, 5) is 0.352. The third kappa shape index (κ3) is 3.55. The molecule has 1 fully saturated rings. The van der Waals surface area contributed by atoms with Gasteiger partial charge in [-0.05, 0) is 24.1 Å². The minimum Gasteiger partial charge on any atom is -0.326 e. The SMILES string of the molecule is CC1(C)CCN(S(=O)(=O)c2cccc(CN)c2)CCS1. The number of hydrogen-bond acceptors (Lipinski definition) is 4. The van der Waals surface area contributed by atoms with Crippen LogP contribution in [0, 0.1) is 0 Å². The van der Waals surface area contributed by atoms with E-state index in [9.17, 15) is 8.42 Å². The summed E-state index contributed by atoms with van der Waals surface area (Å²) in [5, 5.41) is 0. The van der Waals surface area contributed by atoms with E-state index in [-0.39, 0.29) is 4.75 Å². The lowest BCUT2D eigenvalue weighted by molar-refractivity contribution is 0.415. The highest BCUT2D eigenvalue weighted by molar-refractivity contribution is 8.00. The summed E-state index contributed by atoms with van der Waals surface area (Å²) in [6.07, 6.45) is 0.869. The largest absolute Gasteiger partial charge is 0.326 e. The Kier molecular flexibility index (Phi) is 4.79. The number of thioether (sulfide) groups is 1. The first-order chi connectivity index (χ1) is 9.35. The highest BCUT2D eigenvalue weighted by Crippen LogP contribution is 2.32. The average Bonchev–Trinajstić information content (AvgIpc) is 2.60. The topological polar surface area (TPSA) is 63.4 Å². The van der Waals surface area contributed by atoms with Gasteiger partial charge in [0, 0.05) is 30.1 Å². The Hall–Kier alpha value is -0.560. The van der Waals surface area contributed by atoms with Crippen LogP contribution in [0.5, 0.6) is 0 Å². The van der Waals surface area contributed by atoms with Crippen LogP contribution in [0.4, 0.5) is 0 Å². The number of rotatable bonds is 3. The molecule has 20 heavy (non-hydrogen) atoms. The monoisotopic (exact) mass is 314 g/mol. The predicted octanol–water partition coefficient (Wildman–Crippen LogP) is 2.05. The molecule has 112 valence electrons. The van der Waals surface area contributed by atoms with Gasteiger partial charge in [-0.2, -0.15) is 16.1 Å². The third-order valence-corrected chi connectivity index (χ3v) is 6.84. The lowest BCUT2D eigenvalue weighted by Crippen LogP contribution is -2.33. The number of nitrogens with two attached hydrogens (primary N) is 1. The molecule has 0 radical (unpaired) electrons. The molecule has 0 atom stereocenters. The molecule has 0 bridgehead atoms. The van der Waals surface area contributed by atoms with Crippen molar-refractivity contribution < 1.29 is 8.42 Å². The Morgan fingerprint density at radius 3 is 2.80 bits per heavy atom. The van der Waals surface area contributed by atoms with E-state index in [1.165, 1.54) is 0 Å². The van der Waals surface area contributed by atoms with Crippen LogP contribution in [0.2, 0.25) is 0 Å². The van der Waals surface area contributed by atoms with Crippen LogP contribution in [0.25, 0.3) is 0 Å². The molecule has 6 heteroatoms. The van der Waals surface area contributed by atoms with Gasteiger partial charge in [-0.3, -0.25) is 0 Å². The van der Waals surface area contributed by atoms with Crippen LogP contribution in [0.15, 0.2) is 29.2 Å². The number of benzene rings is 1. The second-order valence-electron chi connectivity index (χ2n) is 5.61. The zero-order valence-corrected chi connectivity index (χ0v) is 13.6. The Bertz CT molecular complexity index is 570. The van der Waals surface area contributed by atoms with E-state index in [4.69, 9.17) is 5.73 Å². The molecule has 1 aliphatic rings. The molecule has 0 spiro atoms. The molecule has 1 saturated heterocycles. The molecule has 1 heterocycles. The molecule has 0 saturated carbocycles. The van der Waals surface area contributed by atoms with Gasteiger partial charge in [-0.25, -0.2) is 8.42 Å². The minimum atomic E-state index is -3.40. The van der Waals surface area contributed by atoms with Crippen molar-refractivity contribution in [2.75, 3.05) is 18.8 Å². The van der Waals surface area contributed by atoms with E-state index in [1.807, 2.05) is 17.8 Å². The van der Waals surface area contributed by atoms with E-state index in [1.54, 1.807) is 22.5 Å². The minimum absolute atomic E-state index is 0.142. The summed E-state index contributed by atoms with van der Waals surface area (Å²) < 4.78 is 27.1. The van der Waals surface area contributed by atoms with Crippen molar-refractivity contribution in [1.82, 2.24) is 4.31 Å². The Balaban J connectivity index is 2.25. The third-order valence-electron chi connectivity index (χ3n) is 3.57. The van der Waals surface area contributed by atoms with Gasteiger partial charge in [-0.15, -0.1) is 0 Å². The maximum absolute atomic E-state index is 12.7. The van der Waals surface area contributed by atoms with Gasteiger partial charge in [0.25, 0.3) is 0 Å². The van der Waals surface area contributed by atoms with Crippen LogP contribution in [-0.2, 0) is 16.6 Å². The number of sulfonamides is 1. The Morgan fingerprint density at radius 1 is 1.35 bits per heavy atom. The zero-order chi connectivity index (χ0) is 14.8. The zero-order valence-electron chi connectivity index (χ0n) is 12.0. The van der Waals surface area contributed by atoms with E-state index < -0.39 is 10.0 Å². The Morgan fingerprint density at radius 2 is 2.10 bits per heavy atom. The lowest BCUT2D eigenvalue weighted by atomic mass is 10.1. The molecule has 4 nitrogen and oxygen atoms in total. The molecule has 0 amide bonds. The normalized spacial score (nSPS) is 20.6. The number of hydrogen-bond donors (Lipinski definition) is 1. The van der Waals surface area contributed by atoms with Gasteiger partial charge in [0.1, 0.15) is 0 Å². The first-order valence-corrected chi connectivity index (χ1v) is 9.21. The van der Waals surface area contributed by atoms with Gasteiger partial charge in [0.2, 0.25) is 10.0 Å². The van der Waals surface area contributed by atoms with Gasteiger partial charge < -0.3 is 5.73 Å². The van der Waals surface area contributed by atoms with Gasteiger partial charge >= 0.3 is 0 Å². The smallest absolute Gasteiger partial charge is 0.243 e. The molecule has 2 rings (SSSR count). The molecule has 0 aliphatic carbocycles. The second-order valence-corrected chi connectivity index (χ2v) is 9.35. The average molecular weight is 314 g/mol. The van der Waals surface area contributed by atoms with Crippen molar-refractivity contribution in [3.63, 3.8) is 0 Å².